The van der Waals surface area contributed by atoms with Gasteiger partial charge in [-0.05, 0) is 104 Å². The Labute approximate surface area is 174 Å². The van der Waals surface area contributed by atoms with E-state index in [4.69, 9.17) is 0 Å². The molecule has 1 nitrogen and oxygen atoms in total. The third-order valence-corrected chi connectivity index (χ3v) is 11.3. The fourth-order valence-corrected chi connectivity index (χ4v) is 9.97. The van der Waals surface area contributed by atoms with Gasteiger partial charge in [-0.3, -0.25) is 4.79 Å². The first kappa shape index (κ1) is 20.7. The second-order valence-electron chi connectivity index (χ2n) is 12.0. The lowest BCUT2D eigenvalue weighted by molar-refractivity contribution is -0.183. The van der Waals surface area contributed by atoms with Crippen molar-refractivity contribution >= 4 is 5.78 Å². The lowest BCUT2D eigenvalue weighted by Crippen LogP contribution is -2.60. The molecule has 0 N–H and O–H groups in total. The van der Waals surface area contributed by atoms with E-state index < -0.39 is 0 Å². The second-order valence-corrected chi connectivity index (χ2v) is 12.0. The monoisotopic (exact) mass is 384 g/mol. The largest absolute Gasteiger partial charge is 0.299 e. The molecule has 9 unspecified atom stereocenters. The number of carbonyl (C=O) groups is 1. The van der Waals surface area contributed by atoms with Crippen LogP contribution in [0.2, 0.25) is 0 Å². The predicted molar refractivity (Wildman–Crippen MR) is 118 cm³/mol. The fourth-order valence-electron chi connectivity index (χ4n) is 9.97. The van der Waals surface area contributed by atoms with Gasteiger partial charge >= 0.3 is 0 Å². The topological polar surface area (TPSA) is 17.1 Å². The Morgan fingerprint density at radius 1 is 0.786 bits per heavy atom. The van der Waals surface area contributed by atoms with Crippen molar-refractivity contribution in [2.45, 2.75) is 98.3 Å². The second kappa shape index (κ2) is 6.98. The fraction of sp³-hybridized carbons (Fsp3) is 0.889. The molecule has 1 heteroatoms. The van der Waals surface area contributed by atoms with E-state index in [0.29, 0.717) is 33.9 Å². The normalized spacial score (nSPS) is 55.1. The highest BCUT2D eigenvalue weighted by Crippen LogP contribution is 2.71. The van der Waals surface area contributed by atoms with Crippen LogP contribution in [0.3, 0.4) is 0 Å². The van der Waals surface area contributed by atoms with Crippen molar-refractivity contribution in [1.82, 2.24) is 0 Å². The van der Waals surface area contributed by atoms with Crippen molar-refractivity contribution < 1.29 is 4.79 Å². The maximum absolute atomic E-state index is 12.4. The molecule has 0 radical (unpaired) electrons. The molecule has 0 spiro atoms. The van der Waals surface area contributed by atoms with E-state index >= 15 is 0 Å². The lowest BCUT2D eigenvalue weighted by atomic mass is 9.38. The molecule has 0 amide bonds. The third kappa shape index (κ3) is 2.66. The summed E-state index contributed by atoms with van der Waals surface area (Å²) in [7, 11) is 0. The summed E-state index contributed by atoms with van der Waals surface area (Å²) in [6, 6.07) is 0. The van der Waals surface area contributed by atoms with E-state index in [2.05, 4.69) is 40.9 Å². The van der Waals surface area contributed by atoms with Crippen LogP contribution in [-0.2, 0) is 4.79 Å². The van der Waals surface area contributed by atoms with E-state index in [1.54, 1.807) is 0 Å². The number of carbonyl (C=O) groups excluding carboxylic acids is 1. The van der Waals surface area contributed by atoms with E-state index in [1.165, 1.54) is 64.2 Å². The molecule has 5 fully saturated rings. The molecule has 5 aliphatic rings. The molecule has 5 saturated carbocycles. The number of hydrogen-bond donors (Lipinski definition) is 0. The lowest BCUT2D eigenvalue weighted by Gasteiger charge is -2.67. The maximum atomic E-state index is 12.4. The molecule has 0 aromatic carbocycles. The standard InChI is InChI=1S/C25H40O.C2H4/c1-16-18-10-14-25(4)20-9-13-23(2)12-5-6-19(23)17(20)7-8-22(25)24(18,3)15-11-21(16)26;1-2/h16-20,22H,5-15H2,1-4H3;1-2H2. The minimum absolute atomic E-state index is 0.320. The van der Waals surface area contributed by atoms with Gasteiger partial charge in [-0.2, -0.15) is 0 Å². The Balaban J connectivity index is 0.000000932. The van der Waals surface area contributed by atoms with Crippen LogP contribution in [0.5, 0.6) is 0 Å². The summed E-state index contributed by atoms with van der Waals surface area (Å²) >= 11 is 0. The Bertz CT molecular complexity index is 624. The predicted octanol–water partition coefficient (Wildman–Crippen LogP) is 7.45. The Morgan fingerprint density at radius 2 is 1.46 bits per heavy atom. The zero-order valence-corrected chi connectivity index (χ0v) is 19.1. The highest BCUT2D eigenvalue weighted by molar-refractivity contribution is 5.82. The summed E-state index contributed by atoms with van der Waals surface area (Å²) in [5.41, 5.74) is 1.66. The minimum atomic E-state index is 0.320. The Kier molecular flexibility index (Phi) is 5.16. The molecule has 0 aromatic rings. The highest BCUT2D eigenvalue weighted by Gasteiger charge is 2.63. The van der Waals surface area contributed by atoms with Gasteiger partial charge < -0.3 is 0 Å². The van der Waals surface area contributed by atoms with Crippen LogP contribution in [0.25, 0.3) is 0 Å². The molecule has 0 saturated heterocycles. The van der Waals surface area contributed by atoms with Gasteiger partial charge in [0.1, 0.15) is 5.78 Å². The van der Waals surface area contributed by atoms with Gasteiger partial charge in [0.15, 0.2) is 0 Å². The van der Waals surface area contributed by atoms with Gasteiger partial charge in [0.2, 0.25) is 0 Å². The molecular formula is C27H44O. The highest BCUT2D eigenvalue weighted by atomic mass is 16.1. The SMILES string of the molecule is C=C.CC1C(=O)CCC2(C)C1CCC1(C)C3CCC4(C)CCCC4C3CCC21. The van der Waals surface area contributed by atoms with Gasteiger partial charge in [-0.25, -0.2) is 0 Å². The van der Waals surface area contributed by atoms with Crippen molar-refractivity contribution in [3.8, 4) is 0 Å². The quantitative estimate of drug-likeness (QED) is 0.396. The molecule has 0 bridgehead atoms. The number of fused-ring (bicyclic) bond motifs is 7. The number of ketones is 1. The van der Waals surface area contributed by atoms with Gasteiger partial charge in [-0.15, -0.1) is 13.2 Å². The van der Waals surface area contributed by atoms with E-state index in [0.717, 1.165) is 30.1 Å². The molecule has 158 valence electrons. The smallest absolute Gasteiger partial charge is 0.136 e. The van der Waals surface area contributed by atoms with Crippen LogP contribution in [0.1, 0.15) is 98.3 Å². The summed E-state index contributed by atoms with van der Waals surface area (Å²) in [4.78, 5) is 12.4. The molecular weight excluding hydrogens is 340 g/mol. The summed E-state index contributed by atoms with van der Waals surface area (Å²) < 4.78 is 0. The summed E-state index contributed by atoms with van der Waals surface area (Å²) in [6.07, 6.45) is 15.2. The minimum Gasteiger partial charge on any atom is -0.299 e. The third-order valence-electron chi connectivity index (χ3n) is 11.3. The maximum Gasteiger partial charge on any atom is 0.136 e. The Morgan fingerprint density at radius 3 is 2.21 bits per heavy atom. The summed E-state index contributed by atoms with van der Waals surface area (Å²) in [5.74, 6) is 5.43. The average Bonchev–Trinajstić information content (AvgIpc) is 3.08. The first-order valence-electron chi connectivity index (χ1n) is 12.3. The first-order valence-corrected chi connectivity index (χ1v) is 12.3. The van der Waals surface area contributed by atoms with Crippen molar-refractivity contribution in [3.63, 3.8) is 0 Å². The van der Waals surface area contributed by atoms with Crippen molar-refractivity contribution in [1.29, 1.82) is 0 Å². The van der Waals surface area contributed by atoms with Gasteiger partial charge in [-0.1, -0.05) is 34.1 Å². The zero-order chi connectivity index (χ0) is 20.3. The summed E-state index contributed by atoms with van der Waals surface area (Å²) in [6.45, 7) is 16.2. The molecule has 5 rings (SSSR count). The summed E-state index contributed by atoms with van der Waals surface area (Å²) in [5, 5.41) is 0. The Hall–Kier alpha value is -0.590. The molecule has 28 heavy (non-hydrogen) atoms. The van der Waals surface area contributed by atoms with Crippen LogP contribution in [-0.4, -0.2) is 5.78 Å². The van der Waals surface area contributed by atoms with Crippen molar-refractivity contribution in [3.05, 3.63) is 13.2 Å². The molecule has 9 atom stereocenters. The van der Waals surface area contributed by atoms with Crippen LogP contribution in [0, 0.1) is 51.8 Å². The average molecular weight is 385 g/mol. The van der Waals surface area contributed by atoms with Crippen LogP contribution < -0.4 is 0 Å². The number of rotatable bonds is 0. The van der Waals surface area contributed by atoms with Gasteiger partial charge in [0.25, 0.3) is 0 Å². The van der Waals surface area contributed by atoms with E-state index in [1.807, 2.05) is 0 Å². The van der Waals surface area contributed by atoms with E-state index in [-0.39, 0.29) is 0 Å². The molecule has 0 aliphatic heterocycles. The molecule has 0 heterocycles. The first-order chi connectivity index (χ1) is 13.3. The zero-order valence-electron chi connectivity index (χ0n) is 19.1. The van der Waals surface area contributed by atoms with Crippen LogP contribution in [0.15, 0.2) is 13.2 Å². The van der Waals surface area contributed by atoms with Crippen LogP contribution in [0.4, 0.5) is 0 Å². The number of Topliss-reactive ketones (excluding diaryl/α,β-unsaturated/α-hetero) is 1. The number of hydrogen-bond acceptors (Lipinski definition) is 1. The van der Waals surface area contributed by atoms with Gasteiger partial charge in [0.05, 0.1) is 0 Å². The molecule has 0 aromatic heterocycles. The van der Waals surface area contributed by atoms with Gasteiger partial charge in [0, 0.05) is 12.3 Å². The molecule has 5 aliphatic carbocycles. The van der Waals surface area contributed by atoms with Crippen molar-refractivity contribution in [2.75, 3.05) is 0 Å². The van der Waals surface area contributed by atoms with Crippen LogP contribution >= 0.6 is 0 Å². The van der Waals surface area contributed by atoms with E-state index in [9.17, 15) is 4.79 Å². The van der Waals surface area contributed by atoms with Crippen molar-refractivity contribution in [2.24, 2.45) is 51.8 Å².